The Hall–Kier alpha value is -0.610. The van der Waals surface area contributed by atoms with E-state index in [-0.39, 0.29) is 18.6 Å². The fourth-order valence-electron chi connectivity index (χ4n) is 2.55. The lowest BCUT2D eigenvalue weighted by Gasteiger charge is -2.23. The SMILES string of the molecule is CC(C)CC(CO)NC(=O)CCC1CCNCC1. The van der Waals surface area contributed by atoms with Gasteiger partial charge in [-0.2, -0.15) is 0 Å². The van der Waals surface area contributed by atoms with Gasteiger partial charge in [0.05, 0.1) is 12.6 Å². The van der Waals surface area contributed by atoms with Crippen LogP contribution >= 0.6 is 0 Å². The predicted octanol–water partition coefficient (Wildman–Crippen LogP) is 1.29. The number of hydrogen-bond donors (Lipinski definition) is 3. The smallest absolute Gasteiger partial charge is 0.220 e. The maximum absolute atomic E-state index is 11.8. The first kappa shape index (κ1) is 15.4. The molecule has 0 aromatic carbocycles. The van der Waals surface area contributed by atoms with E-state index in [1.807, 2.05) is 0 Å². The normalized spacial score (nSPS) is 18.9. The van der Waals surface area contributed by atoms with Gasteiger partial charge in [0.2, 0.25) is 5.91 Å². The van der Waals surface area contributed by atoms with Crippen molar-refractivity contribution in [2.45, 2.75) is 52.0 Å². The van der Waals surface area contributed by atoms with Crippen molar-refractivity contribution in [3.05, 3.63) is 0 Å². The van der Waals surface area contributed by atoms with Gasteiger partial charge in [0.15, 0.2) is 0 Å². The van der Waals surface area contributed by atoms with Gasteiger partial charge in [-0.3, -0.25) is 4.79 Å². The summed E-state index contributed by atoms with van der Waals surface area (Å²) in [4.78, 5) is 11.8. The third kappa shape index (κ3) is 6.36. The molecular weight excluding hydrogens is 228 g/mol. The Morgan fingerprint density at radius 1 is 1.39 bits per heavy atom. The minimum Gasteiger partial charge on any atom is -0.394 e. The lowest BCUT2D eigenvalue weighted by atomic mass is 9.93. The Morgan fingerprint density at radius 2 is 2.06 bits per heavy atom. The molecule has 4 heteroatoms. The van der Waals surface area contributed by atoms with Gasteiger partial charge in [0, 0.05) is 6.42 Å². The minimum absolute atomic E-state index is 0.0390. The Balaban J connectivity index is 2.18. The van der Waals surface area contributed by atoms with Crippen molar-refractivity contribution in [3.63, 3.8) is 0 Å². The molecule has 1 amide bonds. The Kier molecular flexibility index (Phi) is 7.28. The molecule has 4 nitrogen and oxygen atoms in total. The summed E-state index contributed by atoms with van der Waals surface area (Å²) in [6.45, 7) is 6.41. The molecule has 0 spiro atoms. The van der Waals surface area contributed by atoms with Gasteiger partial charge in [-0.25, -0.2) is 0 Å². The minimum atomic E-state index is -0.0782. The van der Waals surface area contributed by atoms with Crippen molar-refractivity contribution in [1.82, 2.24) is 10.6 Å². The molecule has 0 aromatic rings. The van der Waals surface area contributed by atoms with Gasteiger partial charge in [-0.1, -0.05) is 13.8 Å². The van der Waals surface area contributed by atoms with Crippen LogP contribution in [0.3, 0.4) is 0 Å². The number of amides is 1. The fourth-order valence-corrected chi connectivity index (χ4v) is 2.55. The van der Waals surface area contributed by atoms with Crippen LogP contribution in [-0.4, -0.2) is 36.8 Å². The zero-order valence-electron chi connectivity index (χ0n) is 11.7. The zero-order valence-corrected chi connectivity index (χ0v) is 11.7. The average molecular weight is 256 g/mol. The van der Waals surface area contributed by atoms with E-state index in [1.54, 1.807) is 0 Å². The largest absolute Gasteiger partial charge is 0.394 e. The van der Waals surface area contributed by atoms with Crippen LogP contribution in [-0.2, 0) is 4.79 Å². The van der Waals surface area contributed by atoms with E-state index in [2.05, 4.69) is 24.5 Å². The number of rotatable bonds is 7. The molecule has 1 heterocycles. The van der Waals surface area contributed by atoms with Crippen LogP contribution in [0.1, 0.15) is 46.0 Å². The highest BCUT2D eigenvalue weighted by Gasteiger charge is 2.16. The molecule has 0 bridgehead atoms. The number of piperidine rings is 1. The van der Waals surface area contributed by atoms with Crippen LogP contribution < -0.4 is 10.6 Å². The van der Waals surface area contributed by atoms with Crippen LogP contribution in [0.25, 0.3) is 0 Å². The highest BCUT2D eigenvalue weighted by Crippen LogP contribution is 2.17. The molecule has 1 unspecified atom stereocenters. The molecule has 1 aliphatic heterocycles. The lowest BCUT2D eigenvalue weighted by Crippen LogP contribution is -2.38. The van der Waals surface area contributed by atoms with Crippen molar-refractivity contribution >= 4 is 5.91 Å². The van der Waals surface area contributed by atoms with Gasteiger partial charge in [0.1, 0.15) is 0 Å². The van der Waals surface area contributed by atoms with Crippen molar-refractivity contribution < 1.29 is 9.90 Å². The summed E-state index contributed by atoms with van der Waals surface area (Å²) < 4.78 is 0. The number of carbonyl (C=O) groups excluding carboxylic acids is 1. The molecule has 106 valence electrons. The van der Waals surface area contributed by atoms with Crippen LogP contribution in [0.4, 0.5) is 0 Å². The molecule has 1 saturated heterocycles. The summed E-state index contributed by atoms with van der Waals surface area (Å²) in [5.74, 6) is 1.27. The Morgan fingerprint density at radius 3 is 2.61 bits per heavy atom. The summed E-state index contributed by atoms with van der Waals surface area (Å²) >= 11 is 0. The molecule has 3 N–H and O–H groups in total. The zero-order chi connectivity index (χ0) is 13.4. The van der Waals surface area contributed by atoms with Crippen molar-refractivity contribution in [2.24, 2.45) is 11.8 Å². The molecule has 0 aliphatic carbocycles. The summed E-state index contributed by atoms with van der Waals surface area (Å²) in [5, 5.41) is 15.5. The number of hydrogen-bond acceptors (Lipinski definition) is 3. The number of aliphatic hydroxyl groups excluding tert-OH is 1. The second-order valence-electron chi connectivity index (χ2n) is 5.81. The van der Waals surface area contributed by atoms with Gasteiger partial charge in [-0.15, -0.1) is 0 Å². The molecule has 1 aliphatic rings. The van der Waals surface area contributed by atoms with E-state index < -0.39 is 0 Å². The monoisotopic (exact) mass is 256 g/mol. The van der Waals surface area contributed by atoms with E-state index >= 15 is 0 Å². The number of nitrogens with one attached hydrogen (secondary N) is 2. The van der Waals surface area contributed by atoms with Crippen molar-refractivity contribution in [1.29, 1.82) is 0 Å². The van der Waals surface area contributed by atoms with Crippen LogP contribution in [0.2, 0.25) is 0 Å². The summed E-state index contributed by atoms with van der Waals surface area (Å²) in [5.41, 5.74) is 0. The van der Waals surface area contributed by atoms with Gasteiger partial charge < -0.3 is 15.7 Å². The molecule has 1 atom stereocenters. The third-order valence-electron chi connectivity index (χ3n) is 3.58. The van der Waals surface area contributed by atoms with Crippen LogP contribution in [0, 0.1) is 11.8 Å². The number of carbonyl (C=O) groups is 1. The summed E-state index contributed by atoms with van der Waals surface area (Å²) in [6, 6.07) is -0.0782. The van der Waals surface area contributed by atoms with Crippen molar-refractivity contribution in [2.75, 3.05) is 19.7 Å². The highest BCUT2D eigenvalue weighted by molar-refractivity contribution is 5.76. The standard InChI is InChI=1S/C14H28N2O2/c1-11(2)9-13(10-17)16-14(18)4-3-12-5-7-15-8-6-12/h11-13,15,17H,3-10H2,1-2H3,(H,16,18). The van der Waals surface area contributed by atoms with Gasteiger partial charge in [-0.05, 0) is 50.6 Å². The predicted molar refractivity (Wildman–Crippen MR) is 73.3 cm³/mol. The van der Waals surface area contributed by atoms with E-state index in [9.17, 15) is 9.90 Å². The lowest BCUT2D eigenvalue weighted by molar-refractivity contribution is -0.122. The molecule has 1 rings (SSSR count). The molecule has 0 saturated carbocycles. The summed E-state index contributed by atoms with van der Waals surface area (Å²) in [7, 11) is 0. The molecular formula is C14H28N2O2. The average Bonchev–Trinajstić information content (AvgIpc) is 2.36. The summed E-state index contributed by atoms with van der Waals surface area (Å²) in [6.07, 6.45) is 4.79. The van der Waals surface area contributed by atoms with E-state index in [0.29, 0.717) is 18.3 Å². The van der Waals surface area contributed by atoms with Crippen LogP contribution in [0.5, 0.6) is 0 Å². The maximum atomic E-state index is 11.8. The quantitative estimate of drug-likeness (QED) is 0.643. The topological polar surface area (TPSA) is 61.4 Å². The maximum Gasteiger partial charge on any atom is 0.220 e. The third-order valence-corrected chi connectivity index (χ3v) is 3.58. The van der Waals surface area contributed by atoms with Crippen molar-refractivity contribution in [3.8, 4) is 0 Å². The highest BCUT2D eigenvalue weighted by atomic mass is 16.3. The molecule has 0 radical (unpaired) electrons. The second kappa shape index (κ2) is 8.48. The van der Waals surface area contributed by atoms with E-state index in [4.69, 9.17) is 0 Å². The molecule has 0 aromatic heterocycles. The molecule has 18 heavy (non-hydrogen) atoms. The first-order chi connectivity index (χ1) is 8.61. The molecule has 1 fully saturated rings. The first-order valence-corrected chi connectivity index (χ1v) is 7.22. The Labute approximate surface area is 111 Å². The van der Waals surface area contributed by atoms with E-state index in [1.165, 1.54) is 12.8 Å². The van der Waals surface area contributed by atoms with E-state index in [0.717, 1.165) is 25.9 Å². The fraction of sp³-hybridized carbons (Fsp3) is 0.929. The Bertz CT molecular complexity index is 238. The first-order valence-electron chi connectivity index (χ1n) is 7.22. The van der Waals surface area contributed by atoms with Gasteiger partial charge in [0.25, 0.3) is 0 Å². The second-order valence-corrected chi connectivity index (χ2v) is 5.81. The van der Waals surface area contributed by atoms with Gasteiger partial charge >= 0.3 is 0 Å². The van der Waals surface area contributed by atoms with Crippen LogP contribution in [0.15, 0.2) is 0 Å². The number of aliphatic hydroxyl groups is 1.